The van der Waals surface area contributed by atoms with Crippen molar-refractivity contribution in [2.24, 2.45) is 0 Å². The Morgan fingerprint density at radius 2 is 2.06 bits per heavy atom. The molecule has 0 aliphatic rings. The predicted molar refractivity (Wildman–Crippen MR) is 63.7 cm³/mol. The summed E-state index contributed by atoms with van der Waals surface area (Å²) in [4.78, 5) is 10.3. The summed E-state index contributed by atoms with van der Waals surface area (Å²) in [5.41, 5.74) is 5.63. The van der Waals surface area contributed by atoms with Gasteiger partial charge in [0.05, 0.1) is 23.7 Å². The van der Waals surface area contributed by atoms with E-state index in [-0.39, 0.29) is 0 Å². The number of likely N-dealkylation sites (N-methyl/N-ethyl adjacent to an activating group) is 1. The molecule has 0 unspecified atom stereocenters. The van der Waals surface area contributed by atoms with Crippen LogP contribution in [-0.4, -0.2) is 38.7 Å². The first-order chi connectivity index (χ1) is 7.40. The summed E-state index contributed by atoms with van der Waals surface area (Å²) in [6, 6.07) is 0. The lowest BCUT2D eigenvalue weighted by Crippen LogP contribution is -2.38. The maximum Gasteiger partial charge on any atom is 0.141 e. The molecule has 0 radical (unpaired) electrons. The Morgan fingerprint density at radius 3 is 2.50 bits per heavy atom. The van der Waals surface area contributed by atoms with E-state index < -0.39 is 5.60 Å². The van der Waals surface area contributed by atoms with Crippen LogP contribution in [-0.2, 0) is 6.54 Å². The molecule has 0 spiro atoms. The molecule has 3 N–H and O–H groups in total. The molecular weight excluding hydrogens is 204 g/mol. The van der Waals surface area contributed by atoms with E-state index in [9.17, 15) is 5.11 Å². The molecule has 1 aromatic rings. The van der Waals surface area contributed by atoms with Crippen molar-refractivity contribution in [2.75, 3.05) is 18.8 Å². The van der Waals surface area contributed by atoms with Crippen molar-refractivity contribution in [1.29, 1.82) is 0 Å². The number of hydrogen-bond acceptors (Lipinski definition) is 5. The van der Waals surface area contributed by atoms with E-state index in [1.54, 1.807) is 26.2 Å². The van der Waals surface area contributed by atoms with Crippen LogP contribution < -0.4 is 5.73 Å². The molecule has 0 bridgehead atoms. The number of nitrogens with two attached hydrogens (primary N) is 1. The first-order valence-electron chi connectivity index (χ1n) is 5.42. The normalized spacial score (nSPS) is 12.1. The van der Waals surface area contributed by atoms with Crippen LogP contribution in [0.5, 0.6) is 0 Å². The maximum atomic E-state index is 9.74. The highest BCUT2D eigenvalue weighted by atomic mass is 16.3. The molecule has 1 heterocycles. The van der Waals surface area contributed by atoms with Crippen LogP contribution in [0.4, 0.5) is 5.82 Å². The van der Waals surface area contributed by atoms with E-state index in [0.717, 1.165) is 12.2 Å². The predicted octanol–water partition coefficient (Wildman–Crippen LogP) is 0.652. The first kappa shape index (κ1) is 12.9. The van der Waals surface area contributed by atoms with Crippen molar-refractivity contribution in [3.63, 3.8) is 0 Å². The van der Waals surface area contributed by atoms with Crippen LogP contribution in [0.25, 0.3) is 0 Å². The summed E-state index contributed by atoms with van der Waals surface area (Å²) in [5, 5.41) is 9.74. The van der Waals surface area contributed by atoms with E-state index in [1.807, 2.05) is 0 Å². The van der Waals surface area contributed by atoms with Gasteiger partial charge in [-0.3, -0.25) is 9.88 Å². The number of nitrogens with zero attached hydrogens (tertiary/aromatic N) is 3. The summed E-state index contributed by atoms with van der Waals surface area (Å²) in [6.45, 7) is 7.78. The number of aliphatic hydroxyl groups is 1. The van der Waals surface area contributed by atoms with Gasteiger partial charge in [-0.1, -0.05) is 6.92 Å². The molecule has 5 heteroatoms. The van der Waals surface area contributed by atoms with Gasteiger partial charge in [0.1, 0.15) is 5.82 Å². The van der Waals surface area contributed by atoms with Crippen molar-refractivity contribution in [3.8, 4) is 0 Å². The molecule has 16 heavy (non-hydrogen) atoms. The largest absolute Gasteiger partial charge is 0.389 e. The molecule has 0 aliphatic heterocycles. The van der Waals surface area contributed by atoms with E-state index >= 15 is 0 Å². The third-order valence-electron chi connectivity index (χ3n) is 2.17. The molecule has 0 aliphatic carbocycles. The Kier molecular flexibility index (Phi) is 4.20. The molecule has 0 saturated carbocycles. The molecule has 0 fully saturated rings. The van der Waals surface area contributed by atoms with Gasteiger partial charge in [0.25, 0.3) is 0 Å². The fourth-order valence-corrected chi connectivity index (χ4v) is 1.50. The van der Waals surface area contributed by atoms with Crippen molar-refractivity contribution >= 4 is 5.82 Å². The van der Waals surface area contributed by atoms with Gasteiger partial charge in [-0.15, -0.1) is 0 Å². The quantitative estimate of drug-likeness (QED) is 0.768. The van der Waals surface area contributed by atoms with Crippen molar-refractivity contribution < 1.29 is 5.11 Å². The zero-order valence-electron chi connectivity index (χ0n) is 10.1. The van der Waals surface area contributed by atoms with E-state index in [4.69, 9.17) is 5.73 Å². The van der Waals surface area contributed by atoms with Crippen molar-refractivity contribution in [2.45, 2.75) is 32.9 Å². The number of aromatic nitrogens is 2. The molecule has 1 aromatic heterocycles. The highest BCUT2D eigenvalue weighted by molar-refractivity contribution is 5.22. The Labute approximate surface area is 96.3 Å². The standard InChI is InChI=1S/C11H20N4O/c1-4-15(8-11(2,3)16)7-9-5-14-10(12)6-13-9/h5-6,16H,4,7-8H2,1-3H3,(H2,12,14). The summed E-state index contributed by atoms with van der Waals surface area (Å²) in [7, 11) is 0. The Hall–Kier alpha value is -1.20. The molecular formula is C11H20N4O. The summed E-state index contributed by atoms with van der Waals surface area (Å²) < 4.78 is 0. The number of hydrogen-bond donors (Lipinski definition) is 2. The van der Waals surface area contributed by atoms with Crippen LogP contribution in [0, 0.1) is 0 Å². The lowest BCUT2D eigenvalue weighted by atomic mass is 10.1. The molecule has 90 valence electrons. The van der Waals surface area contributed by atoms with Crippen molar-refractivity contribution in [3.05, 3.63) is 18.1 Å². The van der Waals surface area contributed by atoms with Crippen LogP contribution in [0.1, 0.15) is 26.5 Å². The lowest BCUT2D eigenvalue weighted by Gasteiger charge is -2.27. The highest BCUT2D eigenvalue weighted by Crippen LogP contribution is 2.08. The van der Waals surface area contributed by atoms with Gasteiger partial charge in [-0.05, 0) is 20.4 Å². The maximum absolute atomic E-state index is 9.74. The van der Waals surface area contributed by atoms with Gasteiger partial charge >= 0.3 is 0 Å². The second-order valence-corrected chi connectivity index (χ2v) is 4.55. The third kappa shape index (κ3) is 4.55. The monoisotopic (exact) mass is 224 g/mol. The van der Waals surface area contributed by atoms with Gasteiger partial charge in [-0.2, -0.15) is 0 Å². The third-order valence-corrected chi connectivity index (χ3v) is 2.17. The average molecular weight is 224 g/mol. The second-order valence-electron chi connectivity index (χ2n) is 4.55. The molecule has 0 atom stereocenters. The second kappa shape index (κ2) is 5.23. The number of rotatable bonds is 5. The Bertz CT molecular complexity index is 318. The first-order valence-corrected chi connectivity index (χ1v) is 5.42. The van der Waals surface area contributed by atoms with Crippen LogP contribution in [0.15, 0.2) is 12.4 Å². The van der Waals surface area contributed by atoms with Gasteiger partial charge in [0, 0.05) is 13.1 Å². The van der Waals surface area contributed by atoms with Crippen molar-refractivity contribution in [1.82, 2.24) is 14.9 Å². The molecule has 0 saturated heterocycles. The van der Waals surface area contributed by atoms with E-state index in [0.29, 0.717) is 18.9 Å². The van der Waals surface area contributed by atoms with Gasteiger partial charge in [0.2, 0.25) is 0 Å². The summed E-state index contributed by atoms with van der Waals surface area (Å²) >= 11 is 0. The smallest absolute Gasteiger partial charge is 0.141 e. The Balaban J connectivity index is 2.60. The summed E-state index contributed by atoms with van der Waals surface area (Å²) in [6.07, 6.45) is 3.22. The van der Waals surface area contributed by atoms with Gasteiger partial charge in [0.15, 0.2) is 0 Å². The van der Waals surface area contributed by atoms with E-state index in [1.165, 1.54) is 0 Å². The average Bonchev–Trinajstić information content (AvgIpc) is 2.18. The van der Waals surface area contributed by atoms with Gasteiger partial charge in [-0.25, -0.2) is 4.98 Å². The van der Waals surface area contributed by atoms with Gasteiger partial charge < -0.3 is 10.8 Å². The zero-order valence-corrected chi connectivity index (χ0v) is 10.1. The molecule has 0 aromatic carbocycles. The minimum atomic E-state index is -0.697. The minimum Gasteiger partial charge on any atom is -0.389 e. The van der Waals surface area contributed by atoms with Crippen LogP contribution >= 0.6 is 0 Å². The number of anilines is 1. The molecule has 1 rings (SSSR count). The topological polar surface area (TPSA) is 75.3 Å². The van der Waals surface area contributed by atoms with Crippen LogP contribution in [0.3, 0.4) is 0 Å². The van der Waals surface area contributed by atoms with E-state index in [2.05, 4.69) is 21.8 Å². The van der Waals surface area contributed by atoms with Crippen LogP contribution in [0.2, 0.25) is 0 Å². The summed E-state index contributed by atoms with van der Waals surface area (Å²) in [5.74, 6) is 0.425. The zero-order chi connectivity index (χ0) is 12.2. The Morgan fingerprint density at radius 1 is 1.38 bits per heavy atom. The fraction of sp³-hybridized carbons (Fsp3) is 0.636. The fourth-order valence-electron chi connectivity index (χ4n) is 1.50. The lowest BCUT2D eigenvalue weighted by molar-refractivity contribution is 0.0349. The minimum absolute atomic E-state index is 0.425. The SMILES string of the molecule is CCN(Cc1cnc(N)cn1)CC(C)(C)O. The highest BCUT2D eigenvalue weighted by Gasteiger charge is 2.17. The number of nitrogen functional groups attached to an aromatic ring is 1. The molecule has 0 amide bonds. The molecule has 5 nitrogen and oxygen atoms in total.